The van der Waals surface area contributed by atoms with Gasteiger partial charge in [-0.25, -0.2) is 0 Å². The van der Waals surface area contributed by atoms with Crippen molar-refractivity contribution in [3.05, 3.63) is 65.7 Å². The zero-order valence-corrected chi connectivity index (χ0v) is 18.4. The maximum atomic E-state index is 10.2. The number of halogens is 1. The second-order valence-corrected chi connectivity index (χ2v) is 6.06. The Morgan fingerprint density at radius 1 is 1.07 bits per heavy atom. The van der Waals surface area contributed by atoms with Crippen LogP contribution >= 0.6 is 24.0 Å². The minimum Gasteiger partial charge on any atom is -0.492 e. The number of hydrogen-bond donors (Lipinski definition) is 3. The zero-order valence-electron chi connectivity index (χ0n) is 16.0. The lowest BCUT2D eigenvalue weighted by Crippen LogP contribution is -2.39. The van der Waals surface area contributed by atoms with Crippen LogP contribution in [0.2, 0.25) is 0 Å². The minimum atomic E-state index is -0.493. The monoisotopic (exact) mass is 483 g/mol. The first-order chi connectivity index (χ1) is 12.7. The molecule has 2 aromatic carbocycles. The Bertz CT molecular complexity index is 663. The molecule has 0 saturated heterocycles. The highest BCUT2D eigenvalue weighted by Crippen LogP contribution is 2.15. The third kappa shape index (κ3) is 9.10. The van der Waals surface area contributed by atoms with Gasteiger partial charge in [0.25, 0.3) is 0 Å². The number of aliphatic hydroxyl groups excluding tert-OH is 1. The van der Waals surface area contributed by atoms with E-state index >= 15 is 0 Å². The fourth-order valence-electron chi connectivity index (χ4n) is 2.46. The van der Waals surface area contributed by atoms with Crippen molar-refractivity contribution < 1.29 is 9.84 Å². The van der Waals surface area contributed by atoms with E-state index in [1.807, 2.05) is 61.5 Å². The summed E-state index contributed by atoms with van der Waals surface area (Å²) < 4.78 is 5.70. The van der Waals surface area contributed by atoms with E-state index in [9.17, 15) is 5.11 Å². The average Bonchev–Trinajstić information content (AvgIpc) is 2.67. The van der Waals surface area contributed by atoms with Gasteiger partial charge in [0, 0.05) is 13.1 Å². The number of aliphatic hydroxyl groups is 1. The van der Waals surface area contributed by atoms with E-state index < -0.39 is 6.10 Å². The van der Waals surface area contributed by atoms with Crippen molar-refractivity contribution in [2.24, 2.45) is 4.99 Å². The molecule has 6 heteroatoms. The van der Waals surface area contributed by atoms with Crippen LogP contribution in [-0.2, 0) is 0 Å². The van der Waals surface area contributed by atoms with Crippen LogP contribution in [0.15, 0.2) is 59.6 Å². The Morgan fingerprint density at radius 3 is 2.44 bits per heavy atom. The van der Waals surface area contributed by atoms with Crippen molar-refractivity contribution in [2.75, 3.05) is 26.2 Å². The van der Waals surface area contributed by atoms with E-state index in [2.05, 4.69) is 22.5 Å². The molecule has 0 radical (unpaired) electrons. The van der Waals surface area contributed by atoms with Crippen LogP contribution in [0.5, 0.6) is 5.75 Å². The molecule has 5 nitrogen and oxygen atoms in total. The van der Waals surface area contributed by atoms with Crippen molar-refractivity contribution in [1.29, 1.82) is 0 Å². The number of aliphatic imine (C=N–C) groups is 1. The lowest BCUT2D eigenvalue weighted by Gasteiger charge is -2.13. The van der Waals surface area contributed by atoms with E-state index in [1.165, 1.54) is 5.56 Å². The minimum absolute atomic E-state index is 0. The fraction of sp³-hybridized carbons (Fsp3) is 0.381. The molecular formula is C21H30IN3O2. The quantitative estimate of drug-likeness (QED) is 0.221. The van der Waals surface area contributed by atoms with Crippen molar-refractivity contribution in [1.82, 2.24) is 10.6 Å². The Balaban J connectivity index is 0.00000364. The first-order valence-corrected chi connectivity index (χ1v) is 9.13. The van der Waals surface area contributed by atoms with Crippen LogP contribution in [0.4, 0.5) is 0 Å². The number of nitrogens with zero attached hydrogens (tertiary/aromatic N) is 1. The van der Waals surface area contributed by atoms with Crippen LogP contribution in [0.3, 0.4) is 0 Å². The highest BCUT2D eigenvalue weighted by Gasteiger charge is 2.06. The molecule has 0 amide bonds. The topological polar surface area (TPSA) is 65.9 Å². The molecule has 3 N–H and O–H groups in total. The molecule has 2 aromatic rings. The lowest BCUT2D eigenvalue weighted by atomic mass is 10.1. The summed E-state index contributed by atoms with van der Waals surface area (Å²) in [6.07, 6.45) is 0.0909. The Kier molecular flexibility index (Phi) is 11.5. The Morgan fingerprint density at radius 2 is 1.78 bits per heavy atom. The number of hydrogen-bond acceptors (Lipinski definition) is 3. The molecule has 0 saturated carbocycles. The SMILES string of the molecule is CCNC(=NCCC(O)c1ccccc1)NCCOc1ccc(C)cc1.I. The molecule has 1 unspecified atom stereocenters. The summed E-state index contributed by atoms with van der Waals surface area (Å²) in [5, 5.41) is 16.6. The summed E-state index contributed by atoms with van der Waals surface area (Å²) in [4.78, 5) is 4.51. The number of rotatable bonds is 9. The first-order valence-electron chi connectivity index (χ1n) is 9.13. The van der Waals surface area contributed by atoms with Gasteiger partial charge in [0.15, 0.2) is 5.96 Å². The van der Waals surface area contributed by atoms with Gasteiger partial charge in [-0.15, -0.1) is 24.0 Å². The normalized spacial score (nSPS) is 12.0. The standard InChI is InChI=1S/C21H29N3O2.HI/c1-3-22-21(23-14-13-20(25)18-7-5-4-6-8-18)24-15-16-26-19-11-9-17(2)10-12-19;/h4-12,20,25H,3,13-16H2,1-2H3,(H2,22,23,24);1H. The van der Waals surface area contributed by atoms with E-state index in [0.29, 0.717) is 26.1 Å². The molecule has 0 aliphatic rings. The van der Waals surface area contributed by atoms with Crippen molar-refractivity contribution in [2.45, 2.75) is 26.4 Å². The van der Waals surface area contributed by atoms with Gasteiger partial charge in [0.05, 0.1) is 12.6 Å². The summed E-state index contributed by atoms with van der Waals surface area (Å²) in [7, 11) is 0. The predicted molar refractivity (Wildman–Crippen MR) is 122 cm³/mol. The van der Waals surface area contributed by atoms with Crippen LogP contribution in [0.25, 0.3) is 0 Å². The summed E-state index contributed by atoms with van der Waals surface area (Å²) in [6, 6.07) is 17.7. The fourth-order valence-corrected chi connectivity index (χ4v) is 2.46. The van der Waals surface area contributed by atoms with Crippen LogP contribution < -0.4 is 15.4 Å². The van der Waals surface area contributed by atoms with Crippen molar-refractivity contribution in [3.8, 4) is 5.75 Å². The average molecular weight is 483 g/mol. The largest absolute Gasteiger partial charge is 0.492 e. The van der Waals surface area contributed by atoms with E-state index in [4.69, 9.17) is 4.74 Å². The molecule has 1 atom stereocenters. The third-order valence-corrected chi connectivity index (χ3v) is 3.89. The number of aryl methyl sites for hydroxylation is 1. The molecule has 0 spiro atoms. The van der Waals surface area contributed by atoms with Crippen molar-refractivity contribution in [3.63, 3.8) is 0 Å². The number of nitrogens with one attached hydrogen (secondary N) is 2. The van der Waals surface area contributed by atoms with Gasteiger partial charge < -0.3 is 20.5 Å². The number of ether oxygens (including phenoxy) is 1. The molecule has 148 valence electrons. The predicted octanol–water partition coefficient (Wildman–Crippen LogP) is 3.67. The molecular weight excluding hydrogens is 453 g/mol. The zero-order chi connectivity index (χ0) is 18.6. The molecule has 0 fully saturated rings. The maximum Gasteiger partial charge on any atom is 0.191 e. The van der Waals surface area contributed by atoms with Crippen LogP contribution in [0.1, 0.15) is 30.6 Å². The molecule has 0 aromatic heterocycles. The summed E-state index contributed by atoms with van der Waals surface area (Å²) in [6.45, 7) is 6.62. The summed E-state index contributed by atoms with van der Waals surface area (Å²) in [5.74, 6) is 1.60. The second kappa shape index (κ2) is 13.4. The third-order valence-electron chi connectivity index (χ3n) is 3.89. The summed E-state index contributed by atoms with van der Waals surface area (Å²) >= 11 is 0. The van der Waals surface area contributed by atoms with Gasteiger partial charge in [-0.05, 0) is 38.0 Å². The van der Waals surface area contributed by atoms with Crippen LogP contribution in [-0.4, -0.2) is 37.3 Å². The van der Waals surface area contributed by atoms with E-state index in [-0.39, 0.29) is 24.0 Å². The maximum absolute atomic E-state index is 10.2. The molecule has 0 heterocycles. The van der Waals surface area contributed by atoms with Gasteiger partial charge in [-0.2, -0.15) is 0 Å². The smallest absolute Gasteiger partial charge is 0.191 e. The second-order valence-electron chi connectivity index (χ2n) is 6.06. The van der Waals surface area contributed by atoms with E-state index in [1.54, 1.807) is 0 Å². The Labute approximate surface area is 179 Å². The molecule has 27 heavy (non-hydrogen) atoms. The number of benzene rings is 2. The van der Waals surface area contributed by atoms with Gasteiger partial charge in [0.1, 0.15) is 12.4 Å². The van der Waals surface area contributed by atoms with E-state index in [0.717, 1.165) is 23.8 Å². The van der Waals surface area contributed by atoms with Gasteiger partial charge in [-0.1, -0.05) is 48.0 Å². The van der Waals surface area contributed by atoms with Crippen LogP contribution in [0, 0.1) is 6.92 Å². The van der Waals surface area contributed by atoms with Gasteiger partial charge in [0.2, 0.25) is 0 Å². The van der Waals surface area contributed by atoms with Gasteiger partial charge in [-0.3, -0.25) is 4.99 Å². The first kappa shape index (κ1) is 23.2. The molecule has 0 aliphatic carbocycles. The summed E-state index contributed by atoms with van der Waals surface area (Å²) in [5.41, 5.74) is 2.14. The lowest BCUT2D eigenvalue weighted by molar-refractivity contribution is 0.170. The molecule has 0 aliphatic heterocycles. The highest BCUT2D eigenvalue weighted by atomic mass is 127. The Hall–Kier alpha value is -1.80. The van der Waals surface area contributed by atoms with Gasteiger partial charge >= 0.3 is 0 Å². The highest BCUT2D eigenvalue weighted by molar-refractivity contribution is 14.0. The van der Waals surface area contributed by atoms with Crippen molar-refractivity contribution >= 4 is 29.9 Å². The molecule has 0 bridgehead atoms. The molecule has 2 rings (SSSR count). The number of guanidine groups is 1.